The van der Waals surface area contributed by atoms with Gasteiger partial charge in [0, 0.05) is 39.1 Å². The maximum Gasteiger partial charge on any atom is 0.234 e. The number of amides is 1. The number of halogens is 1. The van der Waals surface area contributed by atoms with E-state index in [1.807, 2.05) is 72.3 Å². The van der Waals surface area contributed by atoms with E-state index in [1.54, 1.807) is 0 Å². The molecular formula is C28H26ClN5OS. The van der Waals surface area contributed by atoms with Crippen LogP contribution in [0.15, 0.2) is 78.1 Å². The summed E-state index contributed by atoms with van der Waals surface area (Å²) >= 11 is 7.51. The first-order chi connectivity index (χ1) is 17.4. The summed E-state index contributed by atoms with van der Waals surface area (Å²) in [6, 6.07) is 21.7. The van der Waals surface area contributed by atoms with Crippen molar-refractivity contribution in [1.82, 2.24) is 19.7 Å². The number of hydrogen-bond acceptors (Lipinski definition) is 4. The molecule has 0 fully saturated rings. The molecule has 0 radical (unpaired) electrons. The summed E-state index contributed by atoms with van der Waals surface area (Å²) in [4.78, 5) is 16.3. The highest BCUT2D eigenvalue weighted by Gasteiger charge is 2.20. The fourth-order valence-electron chi connectivity index (χ4n) is 4.27. The minimum Gasteiger partial charge on any atom is -0.360 e. The van der Waals surface area contributed by atoms with E-state index in [-0.39, 0.29) is 11.7 Å². The number of H-pyrrole nitrogens is 1. The highest BCUT2D eigenvalue weighted by atomic mass is 35.5. The molecule has 8 heteroatoms. The Morgan fingerprint density at radius 2 is 1.83 bits per heavy atom. The van der Waals surface area contributed by atoms with Crippen molar-refractivity contribution in [3.05, 3.63) is 89.1 Å². The third-order valence-corrected chi connectivity index (χ3v) is 7.25. The number of aromatic amines is 1. The lowest BCUT2D eigenvalue weighted by Crippen LogP contribution is -2.17. The molecule has 5 aromatic rings. The van der Waals surface area contributed by atoms with Crippen molar-refractivity contribution in [2.45, 2.75) is 31.8 Å². The van der Waals surface area contributed by atoms with Gasteiger partial charge in [0.15, 0.2) is 11.0 Å². The van der Waals surface area contributed by atoms with E-state index in [4.69, 9.17) is 11.6 Å². The Balaban J connectivity index is 1.46. The highest BCUT2D eigenvalue weighted by molar-refractivity contribution is 7.99. The van der Waals surface area contributed by atoms with Crippen molar-refractivity contribution < 1.29 is 4.79 Å². The largest absolute Gasteiger partial charge is 0.360 e. The molecule has 0 aliphatic carbocycles. The Kier molecular flexibility index (Phi) is 6.85. The zero-order valence-corrected chi connectivity index (χ0v) is 21.8. The number of carbonyl (C=O) groups excluding carboxylic acids is 1. The Bertz CT molecular complexity index is 1540. The number of thioether (sulfide) groups is 1. The van der Waals surface area contributed by atoms with E-state index in [9.17, 15) is 4.79 Å². The topological polar surface area (TPSA) is 75.6 Å². The Morgan fingerprint density at radius 3 is 2.61 bits per heavy atom. The van der Waals surface area contributed by atoms with Crippen LogP contribution in [0.4, 0.5) is 5.69 Å². The molecule has 6 nitrogen and oxygen atoms in total. The summed E-state index contributed by atoms with van der Waals surface area (Å²) in [5.41, 5.74) is 5.88. The summed E-state index contributed by atoms with van der Waals surface area (Å²) in [7, 11) is 0. The van der Waals surface area contributed by atoms with Gasteiger partial charge in [0.2, 0.25) is 5.91 Å². The van der Waals surface area contributed by atoms with Gasteiger partial charge in [-0.15, -0.1) is 10.2 Å². The van der Waals surface area contributed by atoms with Crippen LogP contribution in [0.3, 0.4) is 0 Å². The Morgan fingerprint density at radius 1 is 1.06 bits per heavy atom. The average Bonchev–Trinajstić information content (AvgIpc) is 3.48. The molecule has 0 saturated heterocycles. The van der Waals surface area contributed by atoms with Gasteiger partial charge in [-0.05, 0) is 54.3 Å². The number of fused-ring (bicyclic) bond motifs is 1. The van der Waals surface area contributed by atoms with Crippen LogP contribution in [0.2, 0.25) is 5.02 Å². The van der Waals surface area contributed by atoms with Crippen molar-refractivity contribution in [1.29, 1.82) is 0 Å². The fraction of sp³-hybridized carbons (Fsp3) is 0.179. The van der Waals surface area contributed by atoms with Gasteiger partial charge in [-0.25, -0.2) is 0 Å². The molecule has 182 valence electrons. The van der Waals surface area contributed by atoms with E-state index >= 15 is 0 Å². The van der Waals surface area contributed by atoms with E-state index in [0.717, 1.165) is 39.0 Å². The predicted molar refractivity (Wildman–Crippen MR) is 148 cm³/mol. The number of carbonyl (C=O) groups is 1. The number of para-hydroxylation sites is 2. The number of nitrogens with zero attached hydrogens (tertiary/aromatic N) is 3. The Labute approximate surface area is 219 Å². The van der Waals surface area contributed by atoms with Crippen molar-refractivity contribution in [2.24, 2.45) is 0 Å². The number of anilines is 1. The molecule has 2 aromatic heterocycles. The summed E-state index contributed by atoms with van der Waals surface area (Å²) in [5.74, 6) is 1.11. The van der Waals surface area contributed by atoms with Gasteiger partial charge in [-0.2, -0.15) is 0 Å². The molecule has 1 amide bonds. The van der Waals surface area contributed by atoms with Crippen LogP contribution < -0.4 is 5.32 Å². The van der Waals surface area contributed by atoms with Gasteiger partial charge in [0.05, 0.1) is 5.75 Å². The van der Waals surface area contributed by atoms with Crippen LogP contribution in [0.25, 0.3) is 28.0 Å². The third kappa shape index (κ3) is 4.76. The molecule has 0 spiro atoms. The van der Waals surface area contributed by atoms with E-state index in [1.165, 1.54) is 11.8 Å². The van der Waals surface area contributed by atoms with E-state index < -0.39 is 0 Å². The molecule has 0 saturated carbocycles. The molecule has 0 aliphatic rings. The number of aryl methyl sites for hydroxylation is 1. The predicted octanol–water partition coefficient (Wildman–Crippen LogP) is 7.23. The quantitative estimate of drug-likeness (QED) is 0.224. The van der Waals surface area contributed by atoms with Gasteiger partial charge in [-0.1, -0.05) is 73.6 Å². The third-order valence-electron chi connectivity index (χ3n) is 6.07. The second-order valence-electron chi connectivity index (χ2n) is 8.90. The van der Waals surface area contributed by atoms with Crippen molar-refractivity contribution in [2.75, 3.05) is 11.1 Å². The monoisotopic (exact) mass is 515 g/mol. The van der Waals surface area contributed by atoms with Crippen LogP contribution in [0, 0.1) is 6.92 Å². The van der Waals surface area contributed by atoms with Crippen LogP contribution >= 0.6 is 23.4 Å². The SMILES string of the molecule is Cc1cccc(C(C)C)c1NC(=O)CSc1nnc(-c2c[nH]c3ccccc23)n1-c1ccc(Cl)cc1. The molecule has 0 bridgehead atoms. The molecule has 2 N–H and O–H groups in total. The van der Waals surface area contributed by atoms with Crippen LogP contribution in [-0.2, 0) is 4.79 Å². The van der Waals surface area contributed by atoms with Gasteiger partial charge in [-0.3, -0.25) is 9.36 Å². The number of benzene rings is 3. The second-order valence-corrected chi connectivity index (χ2v) is 10.3. The number of hydrogen-bond donors (Lipinski definition) is 2. The lowest BCUT2D eigenvalue weighted by Gasteiger charge is -2.16. The standard InChI is InChI=1S/C28H26ClN5OS/c1-17(2)21-9-6-7-18(3)26(21)31-25(35)16-36-28-33-32-27(34(28)20-13-11-19(29)12-14-20)23-15-30-24-10-5-4-8-22(23)24/h4-15,17,30H,16H2,1-3H3,(H,31,35). The molecule has 0 unspecified atom stereocenters. The molecule has 5 rings (SSSR count). The maximum absolute atomic E-state index is 13.0. The van der Waals surface area contributed by atoms with Crippen molar-refractivity contribution >= 4 is 45.9 Å². The van der Waals surface area contributed by atoms with Gasteiger partial charge in [0.1, 0.15) is 0 Å². The van der Waals surface area contributed by atoms with E-state index in [0.29, 0.717) is 21.9 Å². The molecule has 3 aromatic carbocycles. The smallest absolute Gasteiger partial charge is 0.234 e. The van der Waals surface area contributed by atoms with E-state index in [2.05, 4.69) is 46.5 Å². The van der Waals surface area contributed by atoms with Gasteiger partial charge >= 0.3 is 0 Å². The fourth-order valence-corrected chi connectivity index (χ4v) is 5.14. The lowest BCUT2D eigenvalue weighted by atomic mass is 9.98. The average molecular weight is 516 g/mol. The Hall–Kier alpha value is -3.55. The van der Waals surface area contributed by atoms with Crippen LogP contribution in [0.5, 0.6) is 0 Å². The number of nitrogens with one attached hydrogen (secondary N) is 2. The summed E-state index contributed by atoms with van der Waals surface area (Å²) < 4.78 is 1.97. The lowest BCUT2D eigenvalue weighted by molar-refractivity contribution is -0.113. The summed E-state index contributed by atoms with van der Waals surface area (Å²) in [6.45, 7) is 6.26. The molecule has 0 aliphatic heterocycles. The normalized spacial score (nSPS) is 11.4. The maximum atomic E-state index is 13.0. The van der Waals surface area contributed by atoms with Crippen LogP contribution in [0.1, 0.15) is 30.9 Å². The van der Waals surface area contributed by atoms with Gasteiger partial charge in [0.25, 0.3) is 0 Å². The van der Waals surface area contributed by atoms with Gasteiger partial charge < -0.3 is 10.3 Å². The second kappa shape index (κ2) is 10.2. The number of aromatic nitrogens is 4. The summed E-state index contributed by atoms with van der Waals surface area (Å²) in [5, 5.41) is 14.4. The first-order valence-electron chi connectivity index (χ1n) is 11.7. The zero-order chi connectivity index (χ0) is 25.2. The van der Waals surface area contributed by atoms with Crippen molar-refractivity contribution in [3.8, 4) is 17.1 Å². The number of rotatable bonds is 7. The first kappa shape index (κ1) is 24.2. The molecule has 36 heavy (non-hydrogen) atoms. The highest BCUT2D eigenvalue weighted by Crippen LogP contribution is 2.33. The summed E-state index contributed by atoms with van der Waals surface area (Å²) in [6.07, 6.45) is 1.94. The first-order valence-corrected chi connectivity index (χ1v) is 13.1. The molecule has 2 heterocycles. The minimum atomic E-state index is -0.0875. The van der Waals surface area contributed by atoms with Crippen LogP contribution in [-0.4, -0.2) is 31.4 Å². The zero-order valence-electron chi connectivity index (χ0n) is 20.2. The molecule has 0 atom stereocenters. The minimum absolute atomic E-state index is 0.0875. The van der Waals surface area contributed by atoms with Crippen molar-refractivity contribution in [3.63, 3.8) is 0 Å². The molecular weight excluding hydrogens is 490 g/mol.